The third kappa shape index (κ3) is 2.68. The molecule has 4 aromatic carbocycles. The molecule has 1 atom stereocenters. The number of carbonyl (C=O) groups is 1. The molecule has 1 N–H and O–H groups in total. The number of aliphatic hydroxyl groups excluding tert-OH is 1. The van der Waals surface area contributed by atoms with E-state index in [1.165, 1.54) is 16.3 Å². The molecule has 0 bridgehead atoms. The predicted octanol–water partition coefficient (Wildman–Crippen LogP) is 5.19. The Labute approximate surface area is 156 Å². The van der Waals surface area contributed by atoms with Crippen molar-refractivity contribution >= 4 is 27.5 Å². The minimum absolute atomic E-state index is 0.347. The van der Waals surface area contributed by atoms with E-state index in [1.807, 2.05) is 42.5 Å². The summed E-state index contributed by atoms with van der Waals surface area (Å²) in [5.74, 6) is 0.176. The highest BCUT2D eigenvalue weighted by molar-refractivity contribution is 6.09. The molecule has 0 aromatic heterocycles. The monoisotopic (exact) mass is 354 g/mol. The maximum atomic E-state index is 12.3. The molecule has 0 aliphatic heterocycles. The van der Waals surface area contributed by atoms with Crippen LogP contribution < -0.4 is 4.74 Å². The Morgan fingerprint density at radius 1 is 0.889 bits per heavy atom. The molecule has 0 saturated carbocycles. The minimum Gasteiger partial charge on any atom is -0.423 e. The van der Waals surface area contributed by atoms with Crippen molar-refractivity contribution in [2.45, 2.75) is 18.9 Å². The van der Waals surface area contributed by atoms with Gasteiger partial charge in [0.05, 0.1) is 11.7 Å². The molecule has 0 spiro atoms. The van der Waals surface area contributed by atoms with Crippen molar-refractivity contribution in [3.05, 3.63) is 89.5 Å². The molecule has 1 aliphatic carbocycles. The molecule has 1 aliphatic rings. The molecule has 0 radical (unpaired) electrons. The van der Waals surface area contributed by atoms with Crippen LogP contribution >= 0.6 is 0 Å². The Morgan fingerprint density at radius 2 is 1.67 bits per heavy atom. The number of aliphatic hydroxyl groups is 1. The number of esters is 1. The number of ether oxygens (including phenoxy) is 1. The van der Waals surface area contributed by atoms with Gasteiger partial charge in [-0.1, -0.05) is 48.5 Å². The van der Waals surface area contributed by atoms with Crippen molar-refractivity contribution in [3.8, 4) is 5.75 Å². The van der Waals surface area contributed by atoms with Crippen LogP contribution in [0.25, 0.3) is 21.5 Å². The molecule has 0 fully saturated rings. The van der Waals surface area contributed by atoms with Crippen molar-refractivity contribution in [2.75, 3.05) is 0 Å². The summed E-state index contributed by atoms with van der Waals surface area (Å²) in [7, 11) is 0. The molecule has 4 aromatic rings. The molecule has 3 nitrogen and oxygen atoms in total. The van der Waals surface area contributed by atoms with Crippen molar-refractivity contribution < 1.29 is 14.6 Å². The van der Waals surface area contributed by atoms with Crippen molar-refractivity contribution in [2.24, 2.45) is 0 Å². The first kappa shape index (κ1) is 16.0. The fraction of sp³-hybridized carbons (Fsp3) is 0.125. The Hall–Kier alpha value is -3.17. The van der Waals surface area contributed by atoms with Gasteiger partial charge in [-0.3, -0.25) is 0 Å². The third-order valence-electron chi connectivity index (χ3n) is 5.38. The number of rotatable bonds is 2. The van der Waals surface area contributed by atoms with E-state index in [1.54, 1.807) is 12.1 Å². The zero-order chi connectivity index (χ0) is 18.4. The van der Waals surface area contributed by atoms with Gasteiger partial charge in [0.15, 0.2) is 0 Å². The second-order valence-electron chi connectivity index (χ2n) is 6.99. The van der Waals surface area contributed by atoms with E-state index >= 15 is 0 Å². The van der Waals surface area contributed by atoms with Crippen LogP contribution in [0, 0.1) is 0 Å². The van der Waals surface area contributed by atoms with Gasteiger partial charge in [-0.2, -0.15) is 0 Å². The van der Waals surface area contributed by atoms with Crippen LogP contribution in [0.3, 0.4) is 0 Å². The summed E-state index contributed by atoms with van der Waals surface area (Å²) >= 11 is 0. The number of carbonyl (C=O) groups excluding carboxylic acids is 1. The molecule has 0 amide bonds. The maximum absolute atomic E-state index is 12.3. The second-order valence-corrected chi connectivity index (χ2v) is 6.99. The number of hydrogen-bond donors (Lipinski definition) is 1. The van der Waals surface area contributed by atoms with E-state index in [4.69, 9.17) is 4.74 Å². The lowest BCUT2D eigenvalue weighted by atomic mass is 9.96. The first-order chi connectivity index (χ1) is 13.2. The molecular formula is C24H18O3. The van der Waals surface area contributed by atoms with E-state index in [0.29, 0.717) is 11.3 Å². The Bertz CT molecular complexity index is 1180. The maximum Gasteiger partial charge on any atom is 0.343 e. The topological polar surface area (TPSA) is 46.5 Å². The quantitative estimate of drug-likeness (QED) is 0.306. The van der Waals surface area contributed by atoms with Crippen LogP contribution in [-0.4, -0.2) is 11.1 Å². The average molecular weight is 354 g/mol. The van der Waals surface area contributed by atoms with E-state index in [9.17, 15) is 9.90 Å². The van der Waals surface area contributed by atoms with Gasteiger partial charge in [-0.05, 0) is 69.8 Å². The molecule has 3 heteroatoms. The molecule has 1 unspecified atom stereocenters. The fourth-order valence-corrected chi connectivity index (χ4v) is 4.04. The molecule has 132 valence electrons. The lowest BCUT2D eigenvalue weighted by molar-refractivity contribution is 0.0735. The summed E-state index contributed by atoms with van der Waals surface area (Å²) in [6, 6.07) is 23.0. The van der Waals surface area contributed by atoms with Gasteiger partial charge in [0.25, 0.3) is 0 Å². The summed E-state index contributed by atoms with van der Waals surface area (Å²) in [6.45, 7) is 0. The second kappa shape index (κ2) is 6.22. The van der Waals surface area contributed by atoms with Crippen LogP contribution in [0.15, 0.2) is 72.8 Å². The summed E-state index contributed by atoms with van der Waals surface area (Å²) in [6.07, 6.45) is 1.35. The standard InChI is InChI=1S/C24H18O3/c25-23-13-12-21-20-8-6-16-14-17(27-24(26)15-4-2-1-3-5-15)7-9-18(16)19(20)10-11-22(21)23/h1-11,14,23,25H,12-13H2. The van der Waals surface area contributed by atoms with Gasteiger partial charge in [0.2, 0.25) is 0 Å². The first-order valence-electron chi connectivity index (χ1n) is 9.14. The van der Waals surface area contributed by atoms with Gasteiger partial charge in [0, 0.05) is 0 Å². The number of hydrogen-bond acceptors (Lipinski definition) is 3. The molecule has 0 saturated heterocycles. The van der Waals surface area contributed by atoms with Crippen LogP contribution in [-0.2, 0) is 6.42 Å². The minimum atomic E-state index is -0.359. The van der Waals surface area contributed by atoms with Gasteiger partial charge in [0.1, 0.15) is 5.75 Å². The molecule has 5 rings (SSSR count). The Balaban J connectivity index is 1.55. The van der Waals surface area contributed by atoms with Crippen LogP contribution in [0.4, 0.5) is 0 Å². The lowest BCUT2D eigenvalue weighted by Crippen LogP contribution is -2.07. The largest absolute Gasteiger partial charge is 0.423 e. The van der Waals surface area contributed by atoms with Crippen LogP contribution in [0.5, 0.6) is 5.75 Å². The third-order valence-corrected chi connectivity index (χ3v) is 5.38. The van der Waals surface area contributed by atoms with E-state index in [2.05, 4.69) is 18.2 Å². The predicted molar refractivity (Wildman–Crippen MR) is 106 cm³/mol. The summed E-state index contributed by atoms with van der Waals surface area (Å²) < 4.78 is 5.54. The van der Waals surface area contributed by atoms with Crippen molar-refractivity contribution in [1.82, 2.24) is 0 Å². The molecule has 0 heterocycles. The fourth-order valence-electron chi connectivity index (χ4n) is 4.04. The zero-order valence-electron chi connectivity index (χ0n) is 14.7. The van der Waals surface area contributed by atoms with Crippen molar-refractivity contribution in [3.63, 3.8) is 0 Å². The normalized spacial score (nSPS) is 15.8. The lowest BCUT2D eigenvalue weighted by Gasteiger charge is -2.11. The SMILES string of the molecule is O=C(Oc1ccc2c(ccc3c4c(ccc32)C(O)CC4)c1)c1ccccc1. The highest BCUT2D eigenvalue weighted by atomic mass is 16.5. The van der Waals surface area contributed by atoms with Gasteiger partial charge in [-0.15, -0.1) is 0 Å². The number of fused-ring (bicyclic) bond motifs is 5. The number of benzene rings is 4. The Morgan fingerprint density at radius 3 is 2.52 bits per heavy atom. The first-order valence-corrected chi connectivity index (χ1v) is 9.14. The van der Waals surface area contributed by atoms with Crippen LogP contribution in [0.1, 0.15) is 34.0 Å². The zero-order valence-corrected chi connectivity index (χ0v) is 14.7. The highest BCUT2D eigenvalue weighted by Gasteiger charge is 2.22. The van der Waals surface area contributed by atoms with E-state index in [0.717, 1.165) is 29.2 Å². The summed E-state index contributed by atoms with van der Waals surface area (Å²) in [5, 5.41) is 14.6. The molecule has 27 heavy (non-hydrogen) atoms. The van der Waals surface area contributed by atoms with Gasteiger partial charge in [-0.25, -0.2) is 4.79 Å². The average Bonchev–Trinajstić information content (AvgIpc) is 3.09. The van der Waals surface area contributed by atoms with E-state index < -0.39 is 0 Å². The van der Waals surface area contributed by atoms with Gasteiger partial charge < -0.3 is 9.84 Å². The smallest absolute Gasteiger partial charge is 0.343 e. The van der Waals surface area contributed by atoms with Crippen molar-refractivity contribution in [1.29, 1.82) is 0 Å². The number of aryl methyl sites for hydroxylation is 1. The van der Waals surface area contributed by atoms with Crippen LogP contribution in [0.2, 0.25) is 0 Å². The highest BCUT2D eigenvalue weighted by Crippen LogP contribution is 2.38. The Kier molecular flexibility index (Phi) is 3.69. The van der Waals surface area contributed by atoms with Gasteiger partial charge >= 0.3 is 5.97 Å². The molecular weight excluding hydrogens is 336 g/mol. The summed E-state index contributed by atoms with van der Waals surface area (Å²) in [5.41, 5.74) is 2.84. The van der Waals surface area contributed by atoms with E-state index in [-0.39, 0.29) is 12.1 Å². The summed E-state index contributed by atoms with van der Waals surface area (Å²) in [4.78, 5) is 12.3.